The molecule has 0 unspecified atom stereocenters. The van der Waals surface area contributed by atoms with Gasteiger partial charge in [0.1, 0.15) is 11.5 Å². The van der Waals surface area contributed by atoms with Crippen LogP contribution < -0.4 is 20.1 Å². The van der Waals surface area contributed by atoms with E-state index in [0.29, 0.717) is 35.6 Å². The molecule has 2 amide bonds. The number of fused-ring (bicyclic) bond motifs is 1. The van der Waals surface area contributed by atoms with E-state index in [1.807, 2.05) is 0 Å². The zero-order valence-corrected chi connectivity index (χ0v) is 17.6. The Bertz CT molecular complexity index is 719. The number of rotatable bonds is 7. The summed E-state index contributed by atoms with van der Waals surface area (Å²) in [5.41, 5.74) is 0.646. The van der Waals surface area contributed by atoms with Gasteiger partial charge in [0, 0.05) is 51.0 Å². The number of carbonyl (C=O) groups is 2. The zero-order chi connectivity index (χ0) is 21.0. The Hall–Kier alpha value is -2.32. The van der Waals surface area contributed by atoms with Crippen molar-refractivity contribution in [2.45, 2.75) is 31.9 Å². The fraction of sp³-hybridized carbons (Fsp3) is 0.619. The summed E-state index contributed by atoms with van der Waals surface area (Å²) in [6.07, 6.45) is 1.81. The second kappa shape index (κ2) is 9.45. The van der Waals surface area contributed by atoms with Gasteiger partial charge in [-0.1, -0.05) is 0 Å². The summed E-state index contributed by atoms with van der Waals surface area (Å²) in [6, 6.07) is 5.34. The van der Waals surface area contributed by atoms with E-state index in [2.05, 4.69) is 15.5 Å². The van der Waals surface area contributed by atoms with Gasteiger partial charge in [0.2, 0.25) is 11.8 Å². The number of nitrogens with one attached hydrogen (secondary N) is 2. The first kappa shape index (κ1) is 21.4. The average molecular weight is 405 g/mol. The van der Waals surface area contributed by atoms with Gasteiger partial charge in [0.25, 0.3) is 0 Å². The molecule has 29 heavy (non-hydrogen) atoms. The van der Waals surface area contributed by atoms with E-state index >= 15 is 0 Å². The van der Waals surface area contributed by atoms with E-state index in [0.717, 1.165) is 25.9 Å². The third-order valence-corrected chi connectivity index (χ3v) is 5.89. The third kappa shape index (κ3) is 5.39. The van der Waals surface area contributed by atoms with E-state index < -0.39 is 0 Å². The van der Waals surface area contributed by atoms with Gasteiger partial charge in [0.15, 0.2) is 0 Å². The number of amides is 2. The van der Waals surface area contributed by atoms with E-state index in [9.17, 15) is 9.59 Å². The Morgan fingerprint density at radius 2 is 1.66 bits per heavy atom. The molecule has 0 bridgehead atoms. The van der Waals surface area contributed by atoms with Crippen molar-refractivity contribution >= 4 is 17.5 Å². The molecule has 1 saturated carbocycles. The minimum absolute atomic E-state index is 0.0261. The van der Waals surface area contributed by atoms with Crippen molar-refractivity contribution in [3.8, 4) is 11.5 Å². The molecule has 8 heteroatoms. The first-order valence-corrected chi connectivity index (χ1v) is 9.97. The molecular weight excluding hydrogens is 374 g/mol. The maximum absolute atomic E-state index is 12.6. The highest BCUT2D eigenvalue weighted by molar-refractivity contribution is 5.92. The average Bonchev–Trinajstić information content (AvgIpc) is 3.07. The van der Waals surface area contributed by atoms with Crippen LogP contribution in [0.15, 0.2) is 18.2 Å². The van der Waals surface area contributed by atoms with Crippen LogP contribution in [0.2, 0.25) is 0 Å². The van der Waals surface area contributed by atoms with Crippen molar-refractivity contribution in [2.24, 2.45) is 11.8 Å². The molecule has 2 fully saturated rings. The van der Waals surface area contributed by atoms with Gasteiger partial charge in [-0.3, -0.25) is 14.5 Å². The number of likely N-dealkylation sites (tertiary alicyclic amines) is 1. The van der Waals surface area contributed by atoms with E-state index in [1.165, 1.54) is 6.92 Å². The van der Waals surface area contributed by atoms with Crippen molar-refractivity contribution in [3.63, 3.8) is 0 Å². The molecular formula is C21H31N3O5. The van der Waals surface area contributed by atoms with E-state index in [1.54, 1.807) is 39.5 Å². The number of methoxy groups -OCH3 is 3. The third-order valence-electron chi connectivity index (χ3n) is 5.89. The molecule has 3 rings (SSSR count). The molecule has 160 valence electrons. The predicted octanol–water partition coefficient (Wildman–Crippen LogP) is 1.50. The lowest BCUT2D eigenvalue weighted by Gasteiger charge is -2.37. The van der Waals surface area contributed by atoms with Crippen LogP contribution in [0.1, 0.15) is 19.8 Å². The van der Waals surface area contributed by atoms with Gasteiger partial charge < -0.3 is 24.8 Å². The maximum Gasteiger partial charge on any atom is 0.238 e. The first-order chi connectivity index (χ1) is 13.9. The van der Waals surface area contributed by atoms with Crippen LogP contribution in [0.3, 0.4) is 0 Å². The normalized spacial score (nSPS) is 26.5. The molecule has 8 nitrogen and oxygen atoms in total. The number of hydrogen-bond donors (Lipinski definition) is 2. The summed E-state index contributed by atoms with van der Waals surface area (Å²) in [5.74, 6) is 2.10. The van der Waals surface area contributed by atoms with Crippen LogP contribution in [0.4, 0.5) is 5.69 Å². The number of anilines is 1. The molecule has 0 spiro atoms. The van der Waals surface area contributed by atoms with Gasteiger partial charge in [-0.15, -0.1) is 0 Å². The summed E-state index contributed by atoms with van der Waals surface area (Å²) >= 11 is 0. The number of nitrogens with zero attached hydrogens (tertiary/aromatic N) is 1. The van der Waals surface area contributed by atoms with Crippen molar-refractivity contribution < 1.29 is 23.8 Å². The SMILES string of the molecule is COc1cc(NC(=O)CN2C[C@H]3C[C@@H](NC(C)=O)[C@H](OC)C[C@H]3C2)cc(OC)c1. The lowest BCUT2D eigenvalue weighted by atomic mass is 9.77. The number of hydrogen-bond acceptors (Lipinski definition) is 6. The fourth-order valence-corrected chi connectivity index (χ4v) is 4.60. The van der Waals surface area contributed by atoms with Crippen molar-refractivity contribution in [1.82, 2.24) is 10.2 Å². The smallest absolute Gasteiger partial charge is 0.238 e. The lowest BCUT2D eigenvalue weighted by molar-refractivity contribution is -0.121. The summed E-state index contributed by atoms with van der Waals surface area (Å²) < 4.78 is 16.1. The summed E-state index contributed by atoms with van der Waals surface area (Å²) in [6.45, 7) is 3.59. The maximum atomic E-state index is 12.6. The van der Waals surface area contributed by atoms with Gasteiger partial charge in [-0.2, -0.15) is 0 Å². The Balaban J connectivity index is 1.57. The molecule has 0 radical (unpaired) electrons. The number of benzene rings is 1. The topological polar surface area (TPSA) is 89.1 Å². The molecule has 1 aromatic carbocycles. The Morgan fingerprint density at radius 3 is 2.21 bits per heavy atom. The van der Waals surface area contributed by atoms with Crippen LogP contribution >= 0.6 is 0 Å². The van der Waals surface area contributed by atoms with Crippen LogP contribution in [-0.2, 0) is 14.3 Å². The molecule has 1 saturated heterocycles. The summed E-state index contributed by atoms with van der Waals surface area (Å²) in [7, 11) is 4.85. The molecule has 1 aliphatic carbocycles. The van der Waals surface area contributed by atoms with Crippen molar-refractivity contribution in [2.75, 3.05) is 46.3 Å². The number of carbonyl (C=O) groups excluding carboxylic acids is 2. The molecule has 1 aliphatic heterocycles. The first-order valence-electron chi connectivity index (χ1n) is 9.97. The molecule has 1 heterocycles. The van der Waals surface area contributed by atoms with Crippen LogP contribution in [-0.4, -0.2) is 69.8 Å². The molecule has 4 atom stereocenters. The largest absolute Gasteiger partial charge is 0.497 e. The Kier molecular flexibility index (Phi) is 6.97. The summed E-state index contributed by atoms with van der Waals surface area (Å²) in [5, 5.41) is 5.95. The highest BCUT2D eigenvalue weighted by atomic mass is 16.5. The Morgan fingerprint density at radius 1 is 1.03 bits per heavy atom. The second-order valence-electron chi connectivity index (χ2n) is 7.92. The number of ether oxygens (including phenoxy) is 3. The predicted molar refractivity (Wildman–Crippen MR) is 109 cm³/mol. The summed E-state index contributed by atoms with van der Waals surface area (Å²) in [4.78, 5) is 26.3. The van der Waals surface area contributed by atoms with Crippen LogP contribution in [0.25, 0.3) is 0 Å². The molecule has 1 aromatic rings. The highest BCUT2D eigenvalue weighted by Gasteiger charge is 2.42. The molecule has 2 aliphatic rings. The lowest BCUT2D eigenvalue weighted by Crippen LogP contribution is -2.49. The monoisotopic (exact) mass is 405 g/mol. The van der Waals surface area contributed by atoms with E-state index in [-0.39, 0.29) is 24.0 Å². The van der Waals surface area contributed by atoms with Gasteiger partial charge in [-0.05, 0) is 24.7 Å². The zero-order valence-electron chi connectivity index (χ0n) is 17.6. The molecule has 0 aromatic heterocycles. The Labute approximate surface area is 171 Å². The second-order valence-corrected chi connectivity index (χ2v) is 7.92. The quantitative estimate of drug-likeness (QED) is 0.715. The van der Waals surface area contributed by atoms with Gasteiger partial charge >= 0.3 is 0 Å². The minimum Gasteiger partial charge on any atom is -0.497 e. The van der Waals surface area contributed by atoms with Gasteiger partial charge in [0.05, 0.1) is 32.9 Å². The molecule has 2 N–H and O–H groups in total. The highest BCUT2D eigenvalue weighted by Crippen LogP contribution is 2.37. The van der Waals surface area contributed by atoms with Crippen molar-refractivity contribution in [1.29, 1.82) is 0 Å². The van der Waals surface area contributed by atoms with E-state index in [4.69, 9.17) is 14.2 Å². The van der Waals surface area contributed by atoms with Crippen LogP contribution in [0, 0.1) is 11.8 Å². The van der Waals surface area contributed by atoms with Gasteiger partial charge in [-0.25, -0.2) is 0 Å². The standard InChI is InChI=1S/C21H31N3O5/c1-13(25)22-19-5-14-10-24(11-15(14)6-20(19)29-4)12-21(26)23-16-7-17(27-2)9-18(8-16)28-3/h7-9,14-15,19-20H,5-6,10-12H2,1-4H3,(H,22,25)(H,23,26)/t14-,15+,19-,20-/m1/s1. The fourth-order valence-electron chi connectivity index (χ4n) is 4.60. The van der Waals surface area contributed by atoms with Crippen LogP contribution in [0.5, 0.6) is 11.5 Å². The van der Waals surface area contributed by atoms with Crippen molar-refractivity contribution in [3.05, 3.63) is 18.2 Å². The minimum atomic E-state index is -0.0688.